The molecule has 0 aromatic heterocycles. The maximum atomic E-state index is 11.7. The molecule has 0 aromatic carbocycles. The Bertz CT molecular complexity index is 361. The van der Waals surface area contributed by atoms with E-state index in [-0.39, 0.29) is 36.0 Å². The maximum absolute atomic E-state index is 11.7. The van der Waals surface area contributed by atoms with Gasteiger partial charge in [-0.25, -0.2) is 4.79 Å². The number of halogens is 1. The first kappa shape index (κ1) is 20.2. The normalized spacial score (nSPS) is 14.8. The lowest BCUT2D eigenvalue weighted by Crippen LogP contribution is -2.36. The fourth-order valence-electron chi connectivity index (χ4n) is 1.81. The van der Waals surface area contributed by atoms with Crippen LogP contribution in [0.3, 0.4) is 0 Å². The summed E-state index contributed by atoms with van der Waals surface area (Å²) in [6, 6.07) is 0. The predicted octanol–water partition coefficient (Wildman–Crippen LogP) is 2.59. The summed E-state index contributed by atoms with van der Waals surface area (Å²) in [6.45, 7) is 9.94. The number of ether oxygens (including phenoxy) is 2. The van der Waals surface area contributed by atoms with Crippen LogP contribution >= 0.6 is 24.0 Å². The molecule has 0 spiro atoms. The summed E-state index contributed by atoms with van der Waals surface area (Å²) in [5, 5.41) is 0. The molecule has 0 bridgehead atoms. The summed E-state index contributed by atoms with van der Waals surface area (Å²) in [7, 11) is 2.00. The Hall–Kier alpha value is -0.760. The van der Waals surface area contributed by atoms with E-state index in [9.17, 15) is 4.79 Å². The average Bonchev–Trinajstić information content (AvgIpc) is 2.79. The van der Waals surface area contributed by atoms with Gasteiger partial charge in [-0.3, -0.25) is 0 Å². The Morgan fingerprint density at radius 1 is 1.43 bits per heavy atom. The van der Waals surface area contributed by atoms with Crippen LogP contribution in [0.15, 0.2) is 24.6 Å². The highest BCUT2D eigenvalue weighted by atomic mass is 127. The minimum atomic E-state index is -0.356. The highest BCUT2D eigenvalue weighted by Crippen LogP contribution is 2.08. The summed E-state index contributed by atoms with van der Waals surface area (Å²) >= 11 is 0. The minimum Gasteiger partial charge on any atom is -0.455 e. The van der Waals surface area contributed by atoms with Crippen LogP contribution in [-0.2, 0) is 14.3 Å². The van der Waals surface area contributed by atoms with E-state index in [0.29, 0.717) is 25.3 Å². The van der Waals surface area contributed by atoms with Gasteiger partial charge in [-0.15, -0.1) is 24.0 Å². The summed E-state index contributed by atoms with van der Waals surface area (Å²) in [6.07, 6.45) is 5.83. The third-order valence-corrected chi connectivity index (χ3v) is 2.94. The van der Waals surface area contributed by atoms with Crippen molar-refractivity contribution in [3.05, 3.63) is 24.6 Å². The molecule has 0 radical (unpaired) electrons. The molecule has 1 atom stereocenters. The second-order valence-corrected chi connectivity index (χ2v) is 5.20. The van der Waals surface area contributed by atoms with E-state index in [4.69, 9.17) is 9.47 Å². The maximum Gasteiger partial charge on any atom is 0.333 e. The predicted molar refractivity (Wildman–Crippen MR) is 94.3 cm³/mol. The Balaban J connectivity index is 0.00000400. The fourth-order valence-corrected chi connectivity index (χ4v) is 1.81. The number of hydrogen-bond donors (Lipinski definition) is 0. The van der Waals surface area contributed by atoms with Gasteiger partial charge in [0.25, 0.3) is 0 Å². The van der Waals surface area contributed by atoms with Crippen LogP contribution in [0.1, 0.15) is 26.7 Å². The lowest BCUT2D eigenvalue weighted by Gasteiger charge is -2.24. The molecule has 21 heavy (non-hydrogen) atoms. The van der Waals surface area contributed by atoms with Crippen molar-refractivity contribution in [1.82, 2.24) is 9.80 Å². The van der Waals surface area contributed by atoms with Gasteiger partial charge in [0.15, 0.2) is 0 Å². The summed E-state index contributed by atoms with van der Waals surface area (Å²) in [5.74, 6) is -0.356. The van der Waals surface area contributed by atoms with Gasteiger partial charge < -0.3 is 19.3 Å². The van der Waals surface area contributed by atoms with E-state index in [0.717, 1.165) is 19.5 Å². The molecule has 0 N–H and O–H groups in total. The average molecular weight is 410 g/mol. The molecule has 1 heterocycles. The molecule has 1 aliphatic heterocycles. The van der Waals surface area contributed by atoms with Crippen LogP contribution in [0.25, 0.3) is 0 Å². The molecule has 1 aliphatic rings. The smallest absolute Gasteiger partial charge is 0.333 e. The number of unbranched alkanes of at least 4 members (excludes halogenated alkanes) is 1. The number of hydrogen-bond acceptors (Lipinski definition) is 5. The van der Waals surface area contributed by atoms with Crippen molar-refractivity contribution in [3.63, 3.8) is 0 Å². The van der Waals surface area contributed by atoms with Crippen molar-refractivity contribution in [2.75, 3.05) is 33.5 Å². The monoisotopic (exact) mass is 410 g/mol. The number of nitrogens with zero attached hydrogens (tertiary/aromatic N) is 2. The van der Waals surface area contributed by atoms with Crippen molar-refractivity contribution in [1.29, 1.82) is 0 Å². The van der Waals surface area contributed by atoms with E-state index in [1.54, 1.807) is 6.92 Å². The van der Waals surface area contributed by atoms with E-state index in [2.05, 4.69) is 23.3 Å². The van der Waals surface area contributed by atoms with Gasteiger partial charge in [-0.2, -0.15) is 0 Å². The van der Waals surface area contributed by atoms with Crippen LogP contribution in [0.4, 0.5) is 0 Å². The molecule has 0 aromatic rings. The topological polar surface area (TPSA) is 42.0 Å². The van der Waals surface area contributed by atoms with Gasteiger partial charge in [-0.05, 0) is 13.3 Å². The lowest BCUT2D eigenvalue weighted by atomic mass is 10.3. The minimum absolute atomic E-state index is 0. The first-order chi connectivity index (χ1) is 9.52. The van der Waals surface area contributed by atoms with Gasteiger partial charge in [-0.1, -0.05) is 19.9 Å². The molecule has 1 unspecified atom stereocenters. The van der Waals surface area contributed by atoms with E-state index >= 15 is 0 Å². The second kappa shape index (κ2) is 10.9. The molecule has 122 valence electrons. The van der Waals surface area contributed by atoms with Gasteiger partial charge in [0, 0.05) is 31.6 Å². The van der Waals surface area contributed by atoms with Gasteiger partial charge in [0.2, 0.25) is 0 Å². The molecular weight excluding hydrogens is 383 g/mol. The van der Waals surface area contributed by atoms with E-state index in [1.807, 2.05) is 19.4 Å². The first-order valence-corrected chi connectivity index (χ1v) is 7.09. The molecule has 0 saturated heterocycles. The Morgan fingerprint density at radius 2 is 2.14 bits per heavy atom. The zero-order valence-corrected chi connectivity index (χ0v) is 15.5. The Kier molecular flexibility index (Phi) is 10.5. The third kappa shape index (κ3) is 8.31. The summed E-state index contributed by atoms with van der Waals surface area (Å²) in [5.41, 5.74) is 0.414. The van der Waals surface area contributed by atoms with Crippen molar-refractivity contribution in [2.24, 2.45) is 0 Å². The van der Waals surface area contributed by atoms with E-state index in [1.165, 1.54) is 0 Å². The van der Waals surface area contributed by atoms with Gasteiger partial charge >= 0.3 is 5.97 Å². The van der Waals surface area contributed by atoms with Crippen LogP contribution in [0.2, 0.25) is 0 Å². The van der Waals surface area contributed by atoms with Gasteiger partial charge in [0.05, 0.1) is 19.8 Å². The Morgan fingerprint density at radius 3 is 2.67 bits per heavy atom. The summed E-state index contributed by atoms with van der Waals surface area (Å²) < 4.78 is 11.0. The molecule has 6 heteroatoms. The van der Waals surface area contributed by atoms with Crippen LogP contribution in [0.5, 0.6) is 0 Å². The van der Waals surface area contributed by atoms with Crippen molar-refractivity contribution in [3.8, 4) is 0 Å². The lowest BCUT2D eigenvalue weighted by molar-refractivity contribution is -0.148. The number of carbonyl (C=O) groups excluding carboxylic acids is 1. The van der Waals surface area contributed by atoms with Gasteiger partial charge in [0.1, 0.15) is 6.10 Å². The first-order valence-electron chi connectivity index (χ1n) is 7.09. The highest BCUT2D eigenvalue weighted by Gasteiger charge is 2.20. The second-order valence-electron chi connectivity index (χ2n) is 5.20. The molecule has 0 aliphatic carbocycles. The largest absolute Gasteiger partial charge is 0.455 e. The number of carbonyl (C=O) groups is 1. The van der Waals surface area contributed by atoms with Crippen molar-refractivity contribution >= 4 is 29.9 Å². The third-order valence-electron chi connectivity index (χ3n) is 2.94. The Labute approximate surface area is 145 Å². The zero-order chi connectivity index (χ0) is 15.0. The molecule has 5 nitrogen and oxygen atoms in total. The van der Waals surface area contributed by atoms with Crippen molar-refractivity contribution < 1.29 is 14.3 Å². The summed E-state index contributed by atoms with van der Waals surface area (Å²) in [4.78, 5) is 15.8. The van der Waals surface area contributed by atoms with Crippen LogP contribution in [0, 0.1) is 0 Å². The number of rotatable bonds is 9. The molecule has 0 saturated carbocycles. The van der Waals surface area contributed by atoms with Crippen LogP contribution in [-0.4, -0.2) is 55.3 Å². The molecule has 0 fully saturated rings. The quantitative estimate of drug-likeness (QED) is 0.253. The van der Waals surface area contributed by atoms with Crippen molar-refractivity contribution in [2.45, 2.75) is 32.8 Å². The zero-order valence-electron chi connectivity index (χ0n) is 13.2. The molecule has 1 rings (SSSR count). The highest BCUT2D eigenvalue weighted by molar-refractivity contribution is 14.0. The molecular formula is C15H27IN2O3. The van der Waals surface area contributed by atoms with E-state index < -0.39 is 0 Å². The van der Waals surface area contributed by atoms with Crippen LogP contribution < -0.4 is 0 Å². The fraction of sp³-hybridized carbons (Fsp3) is 0.667. The SMILES string of the molecule is C=C(C)C(=O)OC(COCCCC)CN1C=CN(C)C1.I. The molecule has 0 amide bonds. The standard InChI is InChI=1S/C15H26N2O3.HI/c1-5-6-9-19-11-14(20-15(18)13(2)3)10-17-8-7-16(4)12-17;/h7-8,14H,2,5-6,9-12H2,1,3-4H3;1H. The number of esters is 1.